The van der Waals surface area contributed by atoms with Gasteiger partial charge < -0.3 is 15.0 Å². The van der Waals surface area contributed by atoms with Crippen molar-refractivity contribution in [2.45, 2.75) is 91.7 Å². The normalized spacial score (nSPS) is 30.2. The third-order valence-corrected chi connectivity index (χ3v) is 6.48. The summed E-state index contributed by atoms with van der Waals surface area (Å²) >= 11 is 0. The van der Waals surface area contributed by atoms with Crippen LogP contribution in [0.5, 0.6) is 0 Å². The fourth-order valence-electron chi connectivity index (χ4n) is 4.56. The van der Waals surface area contributed by atoms with Gasteiger partial charge in [-0.05, 0) is 70.1 Å². The lowest BCUT2D eigenvalue weighted by Gasteiger charge is -2.44. The molecule has 1 N–H and O–H groups in total. The summed E-state index contributed by atoms with van der Waals surface area (Å²) in [4.78, 5) is 14.2. The Morgan fingerprint density at radius 2 is 1.72 bits per heavy atom. The maximum atomic E-state index is 12.3. The Hall–Kier alpha value is -0.770. The van der Waals surface area contributed by atoms with Gasteiger partial charge in [-0.1, -0.05) is 27.2 Å². The van der Waals surface area contributed by atoms with Gasteiger partial charge in [0, 0.05) is 25.7 Å². The number of hydrogen-bond acceptors (Lipinski definition) is 3. The van der Waals surface area contributed by atoms with Crippen molar-refractivity contribution in [3.8, 4) is 0 Å². The van der Waals surface area contributed by atoms with E-state index in [0.717, 1.165) is 44.3 Å². The van der Waals surface area contributed by atoms with E-state index < -0.39 is 5.60 Å². The third-order valence-electron chi connectivity index (χ3n) is 6.48. The van der Waals surface area contributed by atoms with Crippen molar-refractivity contribution in [2.24, 2.45) is 17.3 Å². The Morgan fingerprint density at radius 1 is 1.16 bits per heavy atom. The minimum atomic E-state index is -0.412. The molecule has 2 atom stereocenters. The van der Waals surface area contributed by atoms with Gasteiger partial charge in [-0.15, -0.1) is 0 Å². The SMILES string of the molecule is CCC1(CNC2C(C)CCCC2C)CCN(C(=O)OC(C)(C)C)CC1. The molecule has 146 valence electrons. The Morgan fingerprint density at radius 3 is 2.20 bits per heavy atom. The lowest BCUT2D eigenvalue weighted by atomic mass is 9.74. The molecule has 0 radical (unpaired) electrons. The highest BCUT2D eigenvalue weighted by Gasteiger charge is 2.37. The molecule has 1 saturated carbocycles. The second-order valence-corrected chi connectivity index (χ2v) is 9.61. The standard InChI is InChI=1S/C21H40N2O2/c1-7-21(15-22-18-16(2)9-8-10-17(18)3)11-13-23(14-12-21)19(24)25-20(4,5)6/h16-18,22H,7-15H2,1-6H3. The largest absolute Gasteiger partial charge is 0.444 e. The summed E-state index contributed by atoms with van der Waals surface area (Å²) in [6.07, 6.45) is 7.26. The molecule has 0 aromatic carbocycles. The highest BCUT2D eigenvalue weighted by molar-refractivity contribution is 5.68. The van der Waals surface area contributed by atoms with E-state index in [-0.39, 0.29) is 6.09 Å². The number of likely N-dealkylation sites (tertiary alicyclic amines) is 1. The molecule has 1 heterocycles. The summed E-state index contributed by atoms with van der Waals surface area (Å²) in [6.45, 7) is 15.6. The van der Waals surface area contributed by atoms with Crippen molar-refractivity contribution in [3.63, 3.8) is 0 Å². The Bertz CT molecular complexity index is 426. The van der Waals surface area contributed by atoms with Gasteiger partial charge >= 0.3 is 6.09 Å². The van der Waals surface area contributed by atoms with Crippen LogP contribution in [0.3, 0.4) is 0 Å². The van der Waals surface area contributed by atoms with Gasteiger partial charge in [-0.25, -0.2) is 4.79 Å². The molecule has 1 aliphatic carbocycles. The number of piperidine rings is 1. The fraction of sp³-hybridized carbons (Fsp3) is 0.952. The first kappa shape index (κ1) is 20.5. The Balaban J connectivity index is 1.87. The van der Waals surface area contributed by atoms with E-state index in [0.29, 0.717) is 11.5 Å². The first-order chi connectivity index (χ1) is 11.7. The Kier molecular flexibility index (Phi) is 6.80. The van der Waals surface area contributed by atoms with E-state index in [1.54, 1.807) is 0 Å². The van der Waals surface area contributed by atoms with Crippen LogP contribution in [0.15, 0.2) is 0 Å². The van der Waals surface area contributed by atoms with Crippen molar-refractivity contribution in [3.05, 3.63) is 0 Å². The van der Waals surface area contributed by atoms with E-state index in [1.165, 1.54) is 25.7 Å². The molecule has 0 aromatic heterocycles. The van der Waals surface area contributed by atoms with Gasteiger partial charge in [-0.3, -0.25) is 0 Å². The molecular weight excluding hydrogens is 312 g/mol. The molecule has 25 heavy (non-hydrogen) atoms. The predicted octanol–water partition coefficient (Wildman–Crippen LogP) is 4.83. The summed E-state index contributed by atoms with van der Waals surface area (Å²) in [5.41, 5.74) is -0.0827. The van der Waals surface area contributed by atoms with Gasteiger partial charge in [0.25, 0.3) is 0 Å². The molecule has 2 unspecified atom stereocenters. The smallest absolute Gasteiger partial charge is 0.410 e. The maximum Gasteiger partial charge on any atom is 0.410 e. The molecule has 0 bridgehead atoms. The van der Waals surface area contributed by atoms with Gasteiger partial charge in [0.1, 0.15) is 5.60 Å². The van der Waals surface area contributed by atoms with Crippen LogP contribution < -0.4 is 5.32 Å². The van der Waals surface area contributed by atoms with Crippen molar-refractivity contribution < 1.29 is 9.53 Å². The molecule has 1 aliphatic heterocycles. The van der Waals surface area contributed by atoms with Gasteiger partial charge in [0.15, 0.2) is 0 Å². The van der Waals surface area contributed by atoms with Crippen molar-refractivity contribution in [1.29, 1.82) is 0 Å². The average molecular weight is 353 g/mol. The highest BCUT2D eigenvalue weighted by atomic mass is 16.6. The zero-order valence-electron chi connectivity index (χ0n) is 17.4. The number of hydrogen-bond donors (Lipinski definition) is 1. The zero-order valence-corrected chi connectivity index (χ0v) is 17.4. The van der Waals surface area contributed by atoms with Crippen molar-refractivity contribution in [1.82, 2.24) is 10.2 Å². The fourth-order valence-corrected chi connectivity index (χ4v) is 4.56. The number of nitrogens with one attached hydrogen (secondary N) is 1. The summed E-state index contributed by atoms with van der Waals surface area (Å²) < 4.78 is 5.53. The van der Waals surface area contributed by atoms with E-state index in [4.69, 9.17) is 4.74 Å². The lowest BCUT2D eigenvalue weighted by molar-refractivity contribution is 0.00838. The van der Waals surface area contributed by atoms with Crippen molar-refractivity contribution in [2.75, 3.05) is 19.6 Å². The van der Waals surface area contributed by atoms with E-state index in [2.05, 4.69) is 26.1 Å². The molecule has 4 nitrogen and oxygen atoms in total. The first-order valence-corrected chi connectivity index (χ1v) is 10.4. The van der Waals surface area contributed by atoms with Crippen LogP contribution in [-0.4, -0.2) is 42.3 Å². The topological polar surface area (TPSA) is 41.6 Å². The molecule has 2 rings (SSSR count). The molecule has 2 aliphatic rings. The van der Waals surface area contributed by atoms with E-state index in [1.807, 2.05) is 25.7 Å². The number of amides is 1. The third kappa shape index (κ3) is 5.60. The van der Waals surface area contributed by atoms with E-state index in [9.17, 15) is 4.79 Å². The minimum Gasteiger partial charge on any atom is -0.444 e. The monoisotopic (exact) mass is 352 g/mol. The van der Waals surface area contributed by atoms with Crippen LogP contribution in [0.4, 0.5) is 4.79 Å². The van der Waals surface area contributed by atoms with Crippen LogP contribution in [0, 0.1) is 17.3 Å². The summed E-state index contributed by atoms with van der Waals surface area (Å²) in [5.74, 6) is 1.55. The summed E-state index contributed by atoms with van der Waals surface area (Å²) in [5, 5.41) is 3.93. The van der Waals surface area contributed by atoms with Crippen LogP contribution in [0.1, 0.15) is 80.1 Å². The average Bonchev–Trinajstić information content (AvgIpc) is 2.53. The quantitative estimate of drug-likeness (QED) is 0.788. The number of ether oxygens (including phenoxy) is 1. The van der Waals surface area contributed by atoms with Crippen LogP contribution in [0.2, 0.25) is 0 Å². The van der Waals surface area contributed by atoms with Crippen LogP contribution >= 0.6 is 0 Å². The number of carbonyl (C=O) groups is 1. The molecule has 0 aromatic rings. The predicted molar refractivity (Wildman–Crippen MR) is 104 cm³/mol. The zero-order chi connectivity index (χ0) is 18.7. The second-order valence-electron chi connectivity index (χ2n) is 9.61. The van der Waals surface area contributed by atoms with Crippen molar-refractivity contribution >= 4 is 6.09 Å². The summed E-state index contributed by atoms with van der Waals surface area (Å²) in [7, 11) is 0. The minimum absolute atomic E-state index is 0.153. The highest BCUT2D eigenvalue weighted by Crippen LogP contribution is 2.36. The van der Waals surface area contributed by atoms with Gasteiger partial charge in [0.05, 0.1) is 0 Å². The first-order valence-electron chi connectivity index (χ1n) is 10.4. The molecule has 4 heteroatoms. The number of rotatable bonds is 4. The molecule has 2 fully saturated rings. The lowest BCUT2D eigenvalue weighted by Crippen LogP contribution is -2.51. The summed E-state index contributed by atoms with van der Waals surface area (Å²) in [6, 6.07) is 0.654. The van der Waals surface area contributed by atoms with E-state index >= 15 is 0 Å². The molecular formula is C21H40N2O2. The van der Waals surface area contributed by atoms with Crippen LogP contribution in [0.25, 0.3) is 0 Å². The van der Waals surface area contributed by atoms with Crippen LogP contribution in [-0.2, 0) is 4.74 Å². The molecule has 1 saturated heterocycles. The maximum absolute atomic E-state index is 12.3. The van der Waals surface area contributed by atoms with Gasteiger partial charge in [0.2, 0.25) is 0 Å². The molecule has 1 amide bonds. The van der Waals surface area contributed by atoms with Gasteiger partial charge in [-0.2, -0.15) is 0 Å². The second kappa shape index (κ2) is 8.28. The number of nitrogens with zero attached hydrogens (tertiary/aromatic N) is 1. The molecule has 0 spiro atoms. The number of carbonyl (C=O) groups excluding carboxylic acids is 1. The Labute approximate surface area is 155 Å².